The van der Waals surface area contributed by atoms with Crippen LogP contribution in [0.5, 0.6) is 0 Å². The molecule has 2 nitrogen and oxygen atoms in total. The molecule has 1 saturated heterocycles. The molecule has 1 aromatic heterocycles. The van der Waals surface area contributed by atoms with E-state index in [2.05, 4.69) is 34.0 Å². The summed E-state index contributed by atoms with van der Waals surface area (Å²) in [6.45, 7) is 3.71. The number of hydrogen-bond donors (Lipinski definition) is 0. The van der Waals surface area contributed by atoms with Crippen molar-refractivity contribution < 1.29 is 4.57 Å². The van der Waals surface area contributed by atoms with Crippen LogP contribution in [0.4, 0.5) is 5.69 Å². The highest BCUT2D eigenvalue weighted by Gasteiger charge is 2.25. The number of rotatable bonds is 3. The lowest BCUT2D eigenvalue weighted by Crippen LogP contribution is -2.34. The Balaban J connectivity index is 1.68. The lowest BCUT2D eigenvalue weighted by Gasteiger charge is -2.16. The molecule has 0 bridgehead atoms. The molecule has 0 atom stereocenters. The molecule has 15 heavy (non-hydrogen) atoms. The van der Waals surface area contributed by atoms with Gasteiger partial charge in [-0.15, -0.1) is 0 Å². The molecule has 1 saturated carbocycles. The van der Waals surface area contributed by atoms with E-state index in [1.165, 1.54) is 51.0 Å². The zero-order chi connectivity index (χ0) is 10.1. The van der Waals surface area contributed by atoms with Crippen molar-refractivity contribution in [3.8, 4) is 0 Å². The molecular formula is C13H19N2+. The number of aromatic nitrogens is 1. The van der Waals surface area contributed by atoms with Crippen molar-refractivity contribution in [2.24, 2.45) is 5.92 Å². The third kappa shape index (κ3) is 2.14. The van der Waals surface area contributed by atoms with Gasteiger partial charge in [0.05, 0.1) is 0 Å². The van der Waals surface area contributed by atoms with Crippen molar-refractivity contribution >= 4 is 5.69 Å². The molecule has 0 aromatic carbocycles. The Kier molecular flexibility index (Phi) is 2.35. The molecule has 2 heterocycles. The topological polar surface area (TPSA) is 7.12 Å². The van der Waals surface area contributed by atoms with Gasteiger partial charge in [-0.1, -0.05) is 0 Å². The van der Waals surface area contributed by atoms with Gasteiger partial charge in [-0.05, 0) is 25.7 Å². The second-order valence-electron chi connectivity index (χ2n) is 4.89. The first kappa shape index (κ1) is 9.20. The first-order valence-corrected chi connectivity index (χ1v) is 6.16. The lowest BCUT2D eigenvalue weighted by atomic mass is 10.3. The SMILES string of the molecule is c1c[n+](CC2CC2)ccc1N1CCCC1. The summed E-state index contributed by atoms with van der Waals surface area (Å²) in [7, 11) is 0. The maximum absolute atomic E-state index is 2.49. The van der Waals surface area contributed by atoms with E-state index in [9.17, 15) is 0 Å². The van der Waals surface area contributed by atoms with Gasteiger partial charge in [0.25, 0.3) is 0 Å². The largest absolute Gasteiger partial charge is 0.371 e. The summed E-state index contributed by atoms with van der Waals surface area (Å²) in [5.74, 6) is 0.965. The van der Waals surface area contributed by atoms with Gasteiger partial charge < -0.3 is 4.90 Å². The second kappa shape index (κ2) is 3.84. The van der Waals surface area contributed by atoms with E-state index in [4.69, 9.17) is 0 Å². The molecule has 2 aliphatic rings. The normalized spacial score (nSPS) is 20.9. The van der Waals surface area contributed by atoms with E-state index >= 15 is 0 Å². The van der Waals surface area contributed by atoms with Crippen LogP contribution in [-0.4, -0.2) is 13.1 Å². The Labute approximate surface area is 91.5 Å². The molecule has 1 aliphatic carbocycles. The third-order valence-corrected chi connectivity index (χ3v) is 3.51. The van der Waals surface area contributed by atoms with E-state index in [-0.39, 0.29) is 0 Å². The Hall–Kier alpha value is -1.05. The first-order valence-electron chi connectivity index (χ1n) is 6.16. The molecule has 1 aliphatic heterocycles. The van der Waals surface area contributed by atoms with Crippen molar-refractivity contribution in [2.75, 3.05) is 18.0 Å². The number of pyridine rings is 1. The fourth-order valence-corrected chi connectivity index (χ4v) is 2.36. The second-order valence-corrected chi connectivity index (χ2v) is 4.89. The quantitative estimate of drug-likeness (QED) is 0.681. The maximum atomic E-state index is 2.49. The highest BCUT2D eigenvalue weighted by Crippen LogP contribution is 2.28. The average molecular weight is 203 g/mol. The van der Waals surface area contributed by atoms with Crippen LogP contribution >= 0.6 is 0 Å². The summed E-state index contributed by atoms with van der Waals surface area (Å²) >= 11 is 0. The van der Waals surface area contributed by atoms with E-state index in [0.29, 0.717) is 0 Å². The average Bonchev–Trinajstić information content (AvgIpc) is 2.92. The van der Waals surface area contributed by atoms with Crippen LogP contribution in [0, 0.1) is 5.92 Å². The van der Waals surface area contributed by atoms with Crippen molar-refractivity contribution in [1.29, 1.82) is 0 Å². The monoisotopic (exact) mass is 203 g/mol. The zero-order valence-electron chi connectivity index (χ0n) is 9.23. The molecule has 3 rings (SSSR count). The summed E-state index contributed by atoms with van der Waals surface area (Å²) in [4.78, 5) is 2.49. The number of hydrogen-bond acceptors (Lipinski definition) is 1. The van der Waals surface area contributed by atoms with Crippen LogP contribution in [0.2, 0.25) is 0 Å². The van der Waals surface area contributed by atoms with Gasteiger partial charge in [-0.3, -0.25) is 0 Å². The Morgan fingerprint density at radius 3 is 2.40 bits per heavy atom. The molecular weight excluding hydrogens is 184 g/mol. The summed E-state index contributed by atoms with van der Waals surface area (Å²) in [5.41, 5.74) is 1.40. The number of anilines is 1. The minimum absolute atomic E-state index is 0.965. The van der Waals surface area contributed by atoms with Gasteiger partial charge in [-0.2, -0.15) is 0 Å². The van der Waals surface area contributed by atoms with Crippen LogP contribution in [0.25, 0.3) is 0 Å². The highest BCUT2D eigenvalue weighted by atomic mass is 15.1. The van der Waals surface area contributed by atoms with Gasteiger partial charge in [0.2, 0.25) is 0 Å². The van der Waals surface area contributed by atoms with Gasteiger partial charge in [0, 0.05) is 36.8 Å². The fraction of sp³-hybridized carbons (Fsp3) is 0.615. The fourth-order valence-electron chi connectivity index (χ4n) is 2.36. The smallest absolute Gasteiger partial charge is 0.170 e. The summed E-state index contributed by atoms with van der Waals surface area (Å²) in [6, 6.07) is 4.54. The minimum atomic E-state index is 0.965. The highest BCUT2D eigenvalue weighted by molar-refractivity contribution is 5.44. The van der Waals surface area contributed by atoms with Crippen LogP contribution < -0.4 is 9.47 Å². The van der Waals surface area contributed by atoms with Crippen molar-refractivity contribution in [3.05, 3.63) is 24.5 Å². The van der Waals surface area contributed by atoms with Crippen molar-refractivity contribution in [3.63, 3.8) is 0 Å². The Bertz CT molecular complexity index is 321. The molecule has 0 N–H and O–H groups in total. The first-order chi connectivity index (χ1) is 7.42. The molecule has 0 spiro atoms. The number of nitrogens with zero attached hydrogens (tertiary/aromatic N) is 2. The Morgan fingerprint density at radius 2 is 1.80 bits per heavy atom. The van der Waals surface area contributed by atoms with Crippen LogP contribution in [0.1, 0.15) is 25.7 Å². The van der Waals surface area contributed by atoms with Gasteiger partial charge in [-0.25, -0.2) is 4.57 Å². The maximum Gasteiger partial charge on any atom is 0.170 e. The van der Waals surface area contributed by atoms with E-state index in [0.717, 1.165) is 5.92 Å². The van der Waals surface area contributed by atoms with Crippen LogP contribution in [0.15, 0.2) is 24.5 Å². The zero-order valence-corrected chi connectivity index (χ0v) is 9.23. The molecule has 1 aromatic rings. The summed E-state index contributed by atoms with van der Waals surface area (Å²) in [6.07, 6.45) is 10.1. The molecule has 0 unspecified atom stereocenters. The van der Waals surface area contributed by atoms with E-state index in [1.54, 1.807) is 0 Å². The van der Waals surface area contributed by atoms with Crippen molar-refractivity contribution in [2.45, 2.75) is 32.2 Å². The van der Waals surface area contributed by atoms with Crippen LogP contribution in [0.3, 0.4) is 0 Å². The van der Waals surface area contributed by atoms with E-state index in [1.807, 2.05) is 0 Å². The summed E-state index contributed by atoms with van der Waals surface area (Å²) in [5, 5.41) is 0. The van der Waals surface area contributed by atoms with Crippen LogP contribution in [-0.2, 0) is 6.54 Å². The lowest BCUT2D eigenvalue weighted by molar-refractivity contribution is -0.700. The van der Waals surface area contributed by atoms with Gasteiger partial charge in [0.1, 0.15) is 0 Å². The summed E-state index contributed by atoms with van der Waals surface area (Å²) < 4.78 is 2.33. The minimum Gasteiger partial charge on any atom is -0.371 e. The Morgan fingerprint density at radius 1 is 1.13 bits per heavy atom. The standard InChI is InChI=1S/C13H19N2/c1-2-8-15(7-1)13-5-9-14(10-6-13)11-12-3-4-12/h5-6,9-10,12H,1-4,7-8,11H2/q+1. The predicted molar refractivity (Wildman–Crippen MR) is 60.8 cm³/mol. The van der Waals surface area contributed by atoms with Crippen molar-refractivity contribution in [1.82, 2.24) is 0 Å². The molecule has 80 valence electrons. The third-order valence-electron chi connectivity index (χ3n) is 3.51. The molecule has 0 amide bonds. The predicted octanol–water partition coefficient (Wildman–Crippen LogP) is 1.98. The molecule has 2 fully saturated rings. The molecule has 0 radical (unpaired) electrons. The van der Waals surface area contributed by atoms with Gasteiger partial charge >= 0.3 is 0 Å². The van der Waals surface area contributed by atoms with E-state index < -0.39 is 0 Å². The van der Waals surface area contributed by atoms with Gasteiger partial charge in [0.15, 0.2) is 18.9 Å². The molecule has 2 heteroatoms.